The second-order valence-electron chi connectivity index (χ2n) is 5.37. The maximum Gasteiger partial charge on any atom is 0.137 e. The first-order valence-corrected chi connectivity index (χ1v) is 7.55. The van der Waals surface area contributed by atoms with Gasteiger partial charge in [0, 0.05) is 18.6 Å². The summed E-state index contributed by atoms with van der Waals surface area (Å²) in [6.45, 7) is 3.90. The average Bonchev–Trinajstić information content (AvgIpc) is 2.73. The molecule has 0 saturated carbocycles. The van der Waals surface area contributed by atoms with Crippen molar-refractivity contribution in [2.24, 2.45) is 0 Å². The summed E-state index contributed by atoms with van der Waals surface area (Å²) in [6.07, 6.45) is 3.89. The van der Waals surface area contributed by atoms with E-state index >= 15 is 0 Å². The number of pyridine rings is 1. The molecule has 0 saturated heterocycles. The molecule has 0 radical (unpaired) electrons. The van der Waals surface area contributed by atoms with Crippen LogP contribution in [0.3, 0.4) is 0 Å². The summed E-state index contributed by atoms with van der Waals surface area (Å²) in [5, 5.41) is 11.5. The molecule has 0 aliphatic heterocycles. The lowest BCUT2D eigenvalue weighted by Gasteiger charge is -2.14. The van der Waals surface area contributed by atoms with Gasteiger partial charge in [-0.2, -0.15) is 0 Å². The summed E-state index contributed by atoms with van der Waals surface area (Å²) in [4.78, 5) is 16.6. The number of aromatic nitrogens is 2. The van der Waals surface area contributed by atoms with Crippen molar-refractivity contribution in [2.45, 2.75) is 32.7 Å². The van der Waals surface area contributed by atoms with Crippen LogP contribution in [0.25, 0.3) is 5.65 Å². The Labute approximate surface area is 129 Å². The van der Waals surface area contributed by atoms with Gasteiger partial charge >= 0.3 is 0 Å². The van der Waals surface area contributed by atoms with E-state index in [2.05, 4.69) is 19.0 Å². The standard InChI is InChI=1S/C15H20ClN3O2/c1-3-4-7-18(2)10-13-12(8-15(20)21)17-14-6-5-11(16)9-19(13)14/h5-6,9H,3-4,7-8,10H2,1-2H3,(H,20,21). The van der Waals surface area contributed by atoms with Crippen molar-refractivity contribution in [2.75, 3.05) is 13.6 Å². The second kappa shape index (κ2) is 6.91. The molecule has 1 N–H and O–H groups in total. The molecule has 1 unspecified atom stereocenters. The van der Waals surface area contributed by atoms with Crippen molar-refractivity contribution in [3.8, 4) is 0 Å². The Hall–Kier alpha value is -1.59. The first kappa shape index (κ1) is 15.8. The highest BCUT2D eigenvalue weighted by Crippen LogP contribution is 2.16. The Morgan fingerprint density at radius 3 is 2.90 bits per heavy atom. The molecule has 21 heavy (non-hydrogen) atoms. The first-order chi connectivity index (χ1) is 10.0. The molecule has 0 aromatic carbocycles. The molecule has 2 aromatic rings. The van der Waals surface area contributed by atoms with Gasteiger partial charge in [-0.25, -0.2) is 4.98 Å². The number of unbranched alkanes of at least 4 members (excludes halogenated alkanes) is 1. The number of nitrogens with zero attached hydrogens (tertiary/aromatic N) is 2. The van der Waals surface area contributed by atoms with Gasteiger partial charge in [0.25, 0.3) is 0 Å². The van der Waals surface area contributed by atoms with Crippen LogP contribution in [-0.4, -0.2) is 28.9 Å². The lowest BCUT2D eigenvalue weighted by atomic mass is 10.2. The molecule has 2 aromatic heterocycles. The zero-order valence-corrected chi connectivity index (χ0v) is 13.1. The van der Waals surface area contributed by atoms with Gasteiger partial charge in [0.15, 0.2) is 0 Å². The Morgan fingerprint density at radius 1 is 1.48 bits per heavy atom. The second-order valence-corrected chi connectivity index (χ2v) is 5.80. The fourth-order valence-electron chi connectivity index (χ4n) is 2.43. The highest BCUT2D eigenvalue weighted by Gasteiger charge is 2.16. The van der Waals surface area contributed by atoms with E-state index in [-0.39, 0.29) is 6.42 Å². The molecular formula is C15H20ClN3O2. The van der Waals surface area contributed by atoms with Crippen LogP contribution in [0.4, 0.5) is 0 Å². The average molecular weight is 310 g/mol. The van der Waals surface area contributed by atoms with Crippen LogP contribution in [0.2, 0.25) is 5.02 Å². The van der Waals surface area contributed by atoms with Crippen LogP contribution in [0, 0.1) is 0 Å². The third kappa shape index (κ3) is 3.95. The maximum absolute atomic E-state index is 10.9. The molecule has 5 nitrogen and oxygen atoms in total. The zero-order chi connectivity index (χ0) is 15.4. The van der Waals surface area contributed by atoms with E-state index in [1.165, 1.54) is 4.90 Å². The molecular weight excluding hydrogens is 290 g/mol. The zero-order valence-electron chi connectivity index (χ0n) is 12.4. The number of carbonyl (C=O) groups excluding carboxylic acids is 1. The minimum absolute atomic E-state index is 0.171. The first-order valence-electron chi connectivity index (χ1n) is 7.17. The maximum atomic E-state index is 10.9. The molecule has 2 rings (SSSR count). The highest BCUT2D eigenvalue weighted by molar-refractivity contribution is 6.30. The molecule has 0 fully saturated rings. The number of aliphatic carboxylic acids is 1. The van der Waals surface area contributed by atoms with Gasteiger partial charge in [0.1, 0.15) is 17.9 Å². The lowest BCUT2D eigenvalue weighted by molar-refractivity contribution is -0.894. The van der Waals surface area contributed by atoms with Gasteiger partial charge in [-0.05, 0) is 18.6 Å². The Kier molecular flexibility index (Phi) is 5.20. The normalized spacial score (nSPS) is 12.7. The third-order valence-corrected chi connectivity index (χ3v) is 3.73. The van der Waals surface area contributed by atoms with Crippen molar-refractivity contribution in [1.29, 1.82) is 0 Å². The number of quaternary nitrogens is 1. The number of hydrogen-bond acceptors (Lipinski definition) is 3. The van der Waals surface area contributed by atoms with Crippen LogP contribution < -0.4 is 10.0 Å². The molecule has 114 valence electrons. The summed E-state index contributed by atoms with van der Waals surface area (Å²) in [5.74, 6) is -1.11. The fraction of sp³-hybridized carbons (Fsp3) is 0.467. The van der Waals surface area contributed by atoms with E-state index in [1.807, 2.05) is 4.40 Å². The van der Waals surface area contributed by atoms with Crippen molar-refractivity contribution in [1.82, 2.24) is 9.38 Å². The van der Waals surface area contributed by atoms with Gasteiger partial charge in [-0.3, -0.25) is 4.40 Å². The van der Waals surface area contributed by atoms with Crippen molar-refractivity contribution in [3.63, 3.8) is 0 Å². The van der Waals surface area contributed by atoms with E-state index in [0.29, 0.717) is 22.9 Å². The fourth-order valence-corrected chi connectivity index (χ4v) is 2.59. The molecule has 0 bridgehead atoms. The Bertz CT molecular complexity index is 639. The minimum Gasteiger partial charge on any atom is -0.550 e. The van der Waals surface area contributed by atoms with Crippen LogP contribution in [0.15, 0.2) is 18.3 Å². The van der Waals surface area contributed by atoms with Crippen LogP contribution >= 0.6 is 11.6 Å². The molecule has 2 heterocycles. The number of imidazole rings is 1. The van der Waals surface area contributed by atoms with Crippen LogP contribution in [0.5, 0.6) is 0 Å². The van der Waals surface area contributed by atoms with Gasteiger partial charge in [-0.1, -0.05) is 24.9 Å². The predicted molar refractivity (Wildman–Crippen MR) is 79.3 cm³/mol. The number of halogens is 1. The molecule has 0 aliphatic rings. The molecule has 0 aliphatic carbocycles. The summed E-state index contributed by atoms with van der Waals surface area (Å²) in [6, 6.07) is 3.55. The van der Waals surface area contributed by atoms with E-state index in [0.717, 1.165) is 25.1 Å². The van der Waals surface area contributed by atoms with E-state index in [1.54, 1.807) is 18.3 Å². The summed E-state index contributed by atoms with van der Waals surface area (Å²) < 4.78 is 1.88. The molecule has 6 heteroatoms. The van der Waals surface area contributed by atoms with Crippen molar-refractivity contribution >= 4 is 23.2 Å². The summed E-state index contributed by atoms with van der Waals surface area (Å²) in [7, 11) is 2.10. The molecule has 0 amide bonds. The third-order valence-electron chi connectivity index (χ3n) is 3.50. The predicted octanol–water partition coefficient (Wildman–Crippen LogP) is 0.0949. The SMILES string of the molecule is CCCC[NH+](C)Cc1c(CC(=O)[O-])nc2ccc(Cl)cn12. The van der Waals surface area contributed by atoms with Crippen molar-refractivity contribution in [3.05, 3.63) is 34.7 Å². The quantitative estimate of drug-likeness (QED) is 0.789. The topological polar surface area (TPSA) is 61.9 Å². The lowest BCUT2D eigenvalue weighted by Crippen LogP contribution is -3.07. The molecule has 0 spiro atoms. The number of hydrogen-bond donors (Lipinski definition) is 1. The summed E-state index contributed by atoms with van der Waals surface area (Å²) >= 11 is 6.04. The van der Waals surface area contributed by atoms with Gasteiger partial charge in [0.2, 0.25) is 0 Å². The van der Waals surface area contributed by atoms with Crippen LogP contribution in [0.1, 0.15) is 31.2 Å². The largest absolute Gasteiger partial charge is 0.550 e. The minimum atomic E-state index is -1.11. The van der Waals surface area contributed by atoms with Gasteiger partial charge in [-0.15, -0.1) is 0 Å². The van der Waals surface area contributed by atoms with Gasteiger partial charge in [0.05, 0.1) is 24.3 Å². The number of nitrogens with one attached hydrogen (secondary N) is 1. The smallest absolute Gasteiger partial charge is 0.137 e. The number of rotatable bonds is 7. The number of carboxylic acid groups (broad SMARTS) is 1. The number of fused-ring (bicyclic) bond motifs is 1. The highest BCUT2D eigenvalue weighted by atomic mass is 35.5. The van der Waals surface area contributed by atoms with Gasteiger partial charge < -0.3 is 14.8 Å². The van der Waals surface area contributed by atoms with E-state index < -0.39 is 5.97 Å². The number of carbonyl (C=O) groups is 1. The Morgan fingerprint density at radius 2 is 2.24 bits per heavy atom. The van der Waals surface area contributed by atoms with E-state index in [9.17, 15) is 9.90 Å². The van der Waals surface area contributed by atoms with Crippen molar-refractivity contribution < 1.29 is 14.8 Å². The summed E-state index contributed by atoms with van der Waals surface area (Å²) in [5.41, 5.74) is 2.17. The number of carboxylic acids is 1. The van der Waals surface area contributed by atoms with E-state index in [4.69, 9.17) is 11.6 Å². The Balaban J connectivity index is 2.36. The van der Waals surface area contributed by atoms with Crippen LogP contribution in [-0.2, 0) is 17.8 Å². The monoisotopic (exact) mass is 309 g/mol. The molecule has 1 atom stereocenters.